The van der Waals surface area contributed by atoms with E-state index >= 15 is 0 Å². The number of nitrogens with zero attached hydrogens (tertiary/aromatic N) is 3. The molecule has 1 aromatic carbocycles. The fourth-order valence-electron chi connectivity index (χ4n) is 2.55. The third-order valence-corrected chi connectivity index (χ3v) is 4.59. The number of para-hydroxylation sites is 1. The molecule has 1 aromatic heterocycles. The van der Waals surface area contributed by atoms with Crippen LogP contribution in [0.3, 0.4) is 0 Å². The Morgan fingerprint density at radius 3 is 2.62 bits per heavy atom. The summed E-state index contributed by atoms with van der Waals surface area (Å²) in [5.41, 5.74) is 1.78. The van der Waals surface area contributed by atoms with Crippen molar-refractivity contribution in [2.24, 2.45) is 0 Å². The van der Waals surface area contributed by atoms with Crippen LogP contribution in [0.2, 0.25) is 0 Å². The molecule has 0 aliphatic carbocycles. The number of anilines is 2. The summed E-state index contributed by atoms with van der Waals surface area (Å²) in [5, 5.41) is 6.27. The summed E-state index contributed by atoms with van der Waals surface area (Å²) in [5.74, 6) is -0.142. The predicted octanol–water partition coefficient (Wildman–Crippen LogP) is 2.33. The molecule has 1 N–H and O–H groups in total. The normalized spacial score (nSPS) is 15.5. The third kappa shape index (κ3) is 3.16. The van der Waals surface area contributed by atoms with Crippen LogP contribution in [0.25, 0.3) is 0 Å². The summed E-state index contributed by atoms with van der Waals surface area (Å²) < 4.78 is 13.8. The average molecular weight is 306 g/mol. The maximum absolute atomic E-state index is 13.8. The molecule has 2 heterocycles. The van der Waals surface area contributed by atoms with Crippen LogP contribution in [-0.4, -0.2) is 38.2 Å². The van der Waals surface area contributed by atoms with Gasteiger partial charge in [-0.05, 0) is 19.2 Å². The molecule has 1 aliphatic rings. The SMILES string of the molecule is CNCc1csc(N2CCN(c3ccccc3F)CC2)n1. The molecule has 0 saturated carbocycles. The van der Waals surface area contributed by atoms with E-state index in [9.17, 15) is 4.39 Å². The summed E-state index contributed by atoms with van der Waals surface area (Å²) >= 11 is 1.68. The molecule has 0 spiro atoms. The number of nitrogens with one attached hydrogen (secondary N) is 1. The Bertz CT molecular complexity index is 593. The van der Waals surface area contributed by atoms with Crippen molar-refractivity contribution in [3.05, 3.63) is 41.2 Å². The molecule has 0 amide bonds. The minimum absolute atomic E-state index is 0.142. The number of rotatable bonds is 4. The van der Waals surface area contributed by atoms with Crippen molar-refractivity contribution in [1.29, 1.82) is 0 Å². The van der Waals surface area contributed by atoms with Crippen molar-refractivity contribution in [1.82, 2.24) is 10.3 Å². The molecule has 1 aliphatic heterocycles. The van der Waals surface area contributed by atoms with Crippen molar-refractivity contribution < 1.29 is 4.39 Å². The van der Waals surface area contributed by atoms with Crippen molar-refractivity contribution in [2.45, 2.75) is 6.54 Å². The van der Waals surface area contributed by atoms with E-state index in [4.69, 9.17) is 0 Å². The van der Waals surface area contributed by atoms with Gasteiger partial charge in [-0.2, -0.15) is 0 Å². The van der Waals surface area contributed by atoms with Gasteiger partial charge < -0.3 is 15.1 Å². The largest absolute Gasteiger partial charge is 0.366 e. The van der Waals surface area contributed by atoms with Crippen molar-refractivity contribution >= 4 is 22.2 Å². The van der Waals surface area contributed by atoms with Crippen LogP contribution in [0.4, 0.5) is 15.2 Å². The molecule has 2 aromatic rings. The van der Waals surface area contributed by atoms with Gasteiger partial charge in [0.15, 0.2) is 5.13 Å². The van der Waals surface area contributed by atoms with Crippen LogP contribution in [-0.2, 0) is 6.54 Å². The minimum atomic E-state index is -0.142. The van der Waals surface area contributed by atoms with Gasteiger partial charge in [-0.15, -0.1) is 11.3 Å². The third-order valence-electron chi connectivity index (χ3n) is 3.64. The van der Waals surface area contributed by atoms with E-state index in [0.717, 1.165) is 43.5 Å². The second-order valence-corrected chi connectivity index (χ2v) is 5.91. The lowest BCUT2D eigenvalue weighted by atomic mass is 10.2. The molecule has 0 bridgehead atoms. The number of hydrogen-bond acceptors (Lipinski definition) is 5. The van der Waals surface area contributed by atoms with Gasteiger partial charge >= 0.3 is 0 Å². The molecule has 0 radical (unpaired) electrons. The molecule has 21 heavy (non-hydrogen) atoms. The highest BCUT2D eigenvalue weighted by molar-refractivity contribution is 7.13. The van der Waals surface area contributed by atoms with E-state index in [1.165, 1.54) is 6.07 Å². The fourth-order valence-corrected chi connectivity index (χ4v) is 3.43. The van der Waals surface area contributed by atoms with Gasteiger partial charge in [-0.1, -0.05) is 12.1 Å². The standard InChI is InChI=1S/C15H19FN4S/c1-17-10-12-11-21-15(18-12)20-8-6-19(7-9-20)14-5-3-2-4-13(14)16/h2-5,11,17H,6-10H2,1H3. The van der Waals surface area contributed by atoms with Gasteiger partial charge in [0.05, 0.1) is 11.4 Å². The van der Waals surface area contributed by atoms with Crippen molar-refractivity contribution in [3.8, 4) is 0 Å². The Hall–Kier alpha value is -1.66. The van der Waals surface area contributed by atoms with Gasteiger partial charge in [0.25, 0.3) is 0 Å². The van der Waals surface area contributed by atoms with E-state index < -0.39 is 0 Å². The van der Waals surface area contributed by atoms with Crippen LogP contribution < -0.4 is 15.1 Å². The molecule has 112 valence electrons. The van der Waals surface area contributed by atoms with Gasteiger partial charge in [-0.3, -0.25) is 0 Å². The maximum Gasteiger partial charge on any atom is 0.185 e. The molecule has 6 heteroatoms. The van der Waals surface area contributed by atoms with E-state index in [1.807, 2.05) is 19.2 Å². The Morgan fingerprint density at radius 1 is 1.19 bits per heavy atom. The van der Waals surface area contributed by atoms with Crippen molar-refractivity contribution in [2.75, 3.05) is 43.0 Å². The van der Waals surface area contributed by atoms with E-state index in [0.29, 0.717) is 5.69 Å². The first-order valence-electron chi connectivity index (χ1n) is 7.11. The highest BCUT2D eigenvalue weighted by Gasteiger charge is 2.21. The number of aromatic nitrogens is 1. The summed E-state index contributed by atoms with van der Waals surface area (Å²) in [6.45, 7) is 4.19. The zero-order valence-electron chi connectivity index (χ0n) is 12.1. The van der Waals surface area contributed by atoms with Gasteiger partial charge in [0.1, 0.15) is 5.82 Å². The van der Waals surface area contributed by atoms with Crippen LogP contribution >= 0.6 is 11.3 Å². The fraction of sp³-hybridized carbons (Fsp3) is 0.400. The molecular weight excluding hydrogens is 287 g/mol. The summed E-state index contributed by atoms with van der Waals surface area (Å²) in [7, 11) is 1.92. The number of thiazole rings is 1. The average Bonchev–Trinajstić information content (AvgIpc) is 2.97. The summed E-state index contributed by atoms with van der Waals surface area (Å²) in [6, 6.07) is 6.98. The van der Waals surface area contributed by atoms with E-state index in [-0.39, 0.29) is 5.82 Å². The highest BCUT2D eigenvalue weighted by Crippen LogP contribution is 2.25. The topological polar surface area (TPSA) is 31.4 Å². The first kappa shape index (κ1) is 14.3. The molecule has 0 atom stereocenters. The second-order valence-electron chi connectivity index (χ2n) is 5.08. The van der Waals surface area contributed by atoms with Gasteiger partial charge in [-0.25, -0.2) is 9.37 Å². The summed E-state index contributed by atoms with van der Waals surface area (Å²) in [4.78, 5) is 9.01. The Morgan fingerprint density at radius 2 is 1.90 bits per heavy atom. The lowest BCUT2D eigenvalue weighted by Gasteiger charge is -2.36. The lowest BCUT2D eigenvalue weighted by Crippen LogP contribution is -2.46. The maximum atomic E-state index is 13.8. The smallest absolute Gasteiger partial charge is 0.185 e. The van der Waals surface area contributed by atoms with Gasteiger partial charge in [0, 0.05) is 38.1 Å². The quantitative estimate of drug-likeness (QED) is 0.939. The predicted molar refractivity (Wildman–Crippen MR) is 85.7 cm³/mol. The molecule has 1 fully saturated rings. The highest BCUT2D eigenvalue weighted by atomic mass is 32.1. The number of benzene rings is 1. The van der Waals surface area contributed by atoms with Gasteiger partial charge in [0.2, 0.25) is 0 Å². The Labute approximate surface area is 128 Å². The first-order chi connectivity index (χ1) is 10.3. The Kier molecular flexibility index (Phi) is 4.36. The van der Waals surface area contributed by atoms with Crippen molar-refractivity contribution in [3.63, 3.8) is 0 Å². The number of halogens is 1. The number of hydrogen-bond donors (Lipinski definition) is 1. The molecule has 3 rings (SSSR count). The zero-order chi connectivity index (χ0) is 14.7. The molecule has 4 nitrogen and oxygen atoms in total. The molecule has 0 unspecified atom stereocenters. The number of piperazine rings is 1. The zero-order valence-corrected chi connectivity index (χ0v) is 12.9. The van der Waals surface area contributed by atoms with Crippen LogP contribution in [0.15, 0.2) is 29.6 Å². The summed E-state index contributed by atoms with van der Waals surface area (Å²) in [6.07, 6.45) is 0. The minimum Gasteiger partial charge on any atom is -0.366 e. The monoisotopic (exact) mass is 306 g/mol. The van der Waals surface area contributed by atoms with E-state index in [1.54, 1.807) is 17.4 Å². The molecule has 1 saturated heterocycles. The molecular formula is C15H19FN4S. The lowest BCUT2D eigenvalue weighted by molar-refractivity contribution is 0.597. The van der Waals surface area contributed by atoms with E-state index in [2.05, 4.69) is 25.5 Å². The van der Waals surface area contributed by atoms with Crippen LogP contribution in [0.5, 0.6) is 0 Å². The van der Waals surface area contributed by atoms with Crippen LogP contribution in [0, 0.1) is 5.82 Å². The Balaban J connectivity index is 1.63. The first-order valence-corrected chi connectivity index (χ1v) is 7.99. The van der Waals surface area contributed by atoms with Crippen LogP contribution in [0.1, 0.15) is 5.69 Å². The second kappa shape index (κ2) is 6.41.